The van der Waals surface area contributed by atoms with Gasteiger partial charge in [-0.3, -0.25) is 0 Å². The van der Waals surface area contributed by atoms with Crippen LogP contribution in [0.5, 0.6) is 11.5 Å². The van der Waals surface area contributed by atoms with Crippen molar-refractivity contribution in [1.82, 2.24) is 5.32 Å². The van der Waals surface area contributed by atoms with E-state index in [-0.39, 0.29) is 12.6 Å². The van der Waals surface area contributed by atoms with Crippen LogP contribution in [0.2, 0.25) is 0 Å². The lowest BCUT2D eigenvalue weighted by Gasteiger charge is -2.26. The number of aliphatic hydroxyl groups excluding tert-OH is 1. The summed E-state index contributed by atoms with van der Waals surface area (Å²) < 4.78 is 10.6. The number of likely N-dealkylation sites (N-methyl/N-ethyl adjacent to an activating group) is 1. The van der Waals surface area contributed by atoms with Gasteiger partial charge in [-0.05, 0) is 25.6 Å². The zero-order chi connectivity index (χ0) is 13.7. The summed E-state index contributed by atoms with van der Waals surface area (Å²) >= 11 is 0. The first-order valence-corrected chi connectivity index (χ1v) is 5.85. The van der Waals surface area contributed by atoms with Crippen LogP contribution in [0.25, 0.3) is 0 Å². The number of rotatable bonds is 6. The highest BCUT2D eigenvalue weighted by Gasteiger charge is 2.23. The molecule has 2 unspecified atom stereocenters. The van der Waals surface area contributed by atoms with Gasteiger partial charge in [0.25, 0.3) is 0 Å². The monoisotopic (exact) mass is 254 g/mol. The summed E-state index contributed by atoms with van der Waals surface area (Å²) in [4.78, 5) is 0. The molecule has 0 amide bonds. The number of hydrogen-bond donors (Lipinski definition) is 3. The maximum Gasteiger partial charge on any atom is 0.127 e. The Morgan fingerprint density at radius 3 is 2.44 bits per heavy atom. The minimum Gasteiger partial charge on any atom is -0.497 e. The Balaban J connectivity index is 3.28. The minimum atomic E-state index is -0.393. The van der Waals surface area contributed by atoms with Crippen LogP contribution in [-0.4, -0.2) is 39.0 Å². The topological polar surface area (TPSA) is 76.7 Å². The molecule has 0 radical (unpaired) electrons. The Labute approximate surface area is 108 Å². The molecule has 5 nitrogen and oxygen atoms in total. The van der Waals surface area contributed by atoms with Crippen molar-refractivity contribution in [2.75, 3.05) is 27.9 Å². The third-order valence-corrected chi connectivity index (χ3v) is 3.04. The number of nitrogens with two attached hydrogens (primary N) is 1. The van der Waals surface area contributed by atoms with Gasteiger partial charge in [-0.2, -0.15) is 0 Å². The molecule has 0 spiro atoms. The lowest BCUT2D eigenvalue weighted by molar-refractivity contribution is 0.238. The SMILES string of the molecule is CNC(c1c(C)cc(OC)cc1OC)C(N)CO. The first kappa shape index (κ1) is 14.8. The van der Waals surface area contributed by atoms with E-state index in [1.54, 1.807) is 14.2 Å². The van der Waals surface area contributed by atoms with Crippen LogP contribution in [0.4, 0.5) is 0 Å². The van der Waals surface area contributed by atoms with Gasteiger partial charge in [0.05, 0.1) is 26.9 Å². The van der Waals surface area contributed by atoms with Gasteiger partial charge >= 0.3 is 0 Å². The van der Waals surface area contributed by atoms with Crippen molar-refractivity contribution in [2.45, 2.75) is 19.0 Å². The summed E-state index contributed by atoms with van der Waals surface area (Å²) in [6.07, 6.45) is 0. The Morgan fingerprint density at radius 2 is 2.00 bits per heavy atom. The zero-order valence-corrected chi connectivity index (χ0v) is 11.4. The van der Waals surface area contributed by atoms with E-state index in [9.17, 15) is 5.11 Å². The molecular weight excluding hydrogens is 232 g/mol. The van der Waals surface area contributed by atoms with Crippen molar-refractivity contribution in [1.29, 1.82) is 0 Å². The van der Waals surface area contributed by atoms with E-state index < -0.39 is 6.04 Å². The first-order valence-electron chi connectivity index (χ1n) is 5.85. The van der Waals surface area contributed by atoms with Gasteiger partial charge in [0.15, 0.2) is 0 Å². The fourth-order valence-electron chi connectivity index (χ4n) is 2.10. The van der Waals surface area contributed by atoms with E-state index in [1.807, 2.05) is 26.1 Å². The van der Waals surface area contributed by atoms with Crippen molar-refractivity contribution in [3.05, 3.63) is 23.3 Å². The van der Waals surface area contributed by atoms with Gasteiger partial charge in [-0.15, -0.1) is 0 Å². The Hall–Kier alpha value is -1.30. The summed E-state index contributed by atoms with van der Waals surface area (Å²) in [5, 5.41) is 12.3. The largest absolute Gasteiger partial charge is 0.497 e. The molecular formula is C13H22N2O3. The summed E-state index contributed by atoms with van der Waals surface area (Å²) in [6, 6.07) is 3.18. The quantitative estimate of drug-likeness (QED) is 0.693. The normalized spacial score (nSPS) is 14.1. The molecule has 2 atom stereocenters. The molecule has 0 heterocycles. The maximum absolute atomic E-state index is 9.22. The molecule has 0 fully saturated rings. The average Bonchev–Trinajstić information content (AvgIpc) is 2.40. The molecule has 1 aromatic rings. The van der Waals surface area contributed by atoms with Gasteiger partial charge in [0, 0.05) is 17.7 Å². The van der Waals surface area contributed by atoms with Gasteiger partial charge in [0.1, 0.15) is 11.5 Å². The van der Waals surface area contributed by atoms with Crippen molar-refractivity contribution >= 4 is 0 Å². The molecule has 0 saturated heterocycles. The third kappa shape index (κ3) is 2.93. The second kappa shape index (κ2) is 6.58. The molecule has 1 rings (SSSR count). The standard InChI is InChI=1S/C13H22N2O3/c1-8-5-9(17-3)6-11(18-4)12(8)13(15-2)10(14)7-16/h5-6,10,13,15-16H,7,14H2,1-4H3. The van der Waals surface area contributed by atoms with Crippen LogP contribution in [0.15, 0.2) is 12.1 Å². The van der Waals surface area contributed by atoms with E-state index in [1.165, 1.54) is 0 Å². The summed E-state index contributed by atoms with van der Waals surface area (Å²) in [6.45, 7) is 1.87. The number of aryl methyl sites for hydroxylation is 1. The lowest BCUT2D eigenvalue weighted by Crippen LogP contribution is -2.39. The molecule has 0 bridgehead atoms. The number of aliphatic hydroxyl groups is 1. The molecule has 1 aromatic carbocycles. The Bertz CT molecular complexity index is 396. The average molecular weight is 254 g/mol. The minimum absolute atomic E-state index is 0.0971. The van der Waals surface area contributed by atoms with Crippen LogP contribution in [0.3, 0.4) is 0 Å². The predicted octanol–water partition coefficient (Wildman–Crippen LogP) is 0.592. The molecule has 18 heavy (non-hydrogen) atoms. The van der Waals surface area contributed by atoms with Crippen molar-refractivity contribution < 1.29 is 14.6 Å². The van der Waals surface area contributed by atoms with E-state index in [0.717, 1.165) is 16.9 Å². The number of hydrogen-bond acceptors (Lipinski definition) is 5. The fraction of sp³-hybridized carbons (Fsp3) is 0.538. The Kier molecular flexibility index (Phi) is 5.40. The molecule has 0 aromatic heterocycles. The summed E-state index contributed by atoms with van der Waals surface area (Å²) in [5.74, 6) is 1.44. The molecule has 0 aliphatic carbocycles. The van der Waals surface area contributed by atoms with E-state index in [0.29, 0.717) is 5.75 Å². The van der Waals surface area contributed by atoms with Crippen molar-refractivity contribution in [2.24, 2.45) is 5.73 Å². The number of methoxy groups -OCH3 is 2. The zero-order valence-electron chi connectivity index (χ0n) is 11.4. The van der Waals surface area contributed by atoms with Gasteiger partial charge in [0.2, 0.25) is 0 Å². The van der Waals surface area contributed by atoms with Crippen LogP contribution in [-0.2, 0) is 0 Å². The second-order valence-corrected chi connectivity index (χ2v) is 4.17. The first-order chi connectivity index (χ1) is 8.58. The van der Waals surface area contributed by atoms with E-state index in [4.69, 9.17) is 15.2 Å². The molecule has 5 heteroatoms. The second-order valence-electron chi connectivity index (χ2n) is 4.17. The highest BCUT2D eigenvalue weighted by molar-refractivity contribution is 5.48. The van der Waals surface area contributed by atoms with Crippen LogP contribution in [0.1, 0.15) is 17.2 Å². The van der Waals surface area contributed by atoms with Crippen LogP contribution in [0, 0.1) is 6.92 Å². The molecule has 0 saturated carbocycles. The number of ether oxygens (including phenoxy) is 2. The van der Waals surface area contributed by atoms with Crippen molar-refractivity contribution in [3.63, 3.8) is 0 Å². The molecule has 102 valence electrons. The number of benzene rings is 1. The van der Waals surface area contributed by atoms with Crippen LogP contribution < -0.4 is 20.5 Å². The van der Waals surface area contributed by atoms with E-state index >= 15 is 0 Å². The van der Waals surface area contributed by atoms with Gasteiger partial charge in [-0.25, -0.2) is 0 Å². The summed E-state index contributed by atoms with van der Waals surface area (Å²) in [7, 11) is 5.03. The van der Waals surface area contributed by atoms with Gasteiger partial charge in [-0.1, -0.05) is 0 Å². The molecule has 4 N–H and O–H groups in total. The van der Waals surface area contributed by atoms with Gasteiger partial charge < -0.3 is 25.6 Å². The Morgan fingerprint density at radius 1 is 1.33 bits per heavy atom. The fourth-order valence-corrected chi connectivity index (χ4v) is 2.10. The predicted molar refractivity (Wildman–Crippen MR) is 71.1 cm³/mol. The van der Waals surface area contributed by atoms with Crippen LogP contribution >= 0.6 is 0 Å². The highest BCUT2D eigenvalue weighted by Crippen LogP contribution is 2.33. The maximum atomic E-state index is 9.22. The molecule has 0 aliphatic heterocycles. The smallest absolute Gasteiger partial charge is 0.127 e. The highest BCUT2D eigenvalue weighted by atomic mass is 16.5. The molecule has 0 aliphatic rings. The van der Waals surface area contributed by atoms with Crippen molar-refractivity contribution in [3.8, 4) is 11.5 Å². The van der Waals surface area contributed by atoms with E-state index in [2.05, 4.69) is 5.32 Å². The summed E-state index contributed by atoms with van der Waals surface area (Å²) in [5.41, 5.74) is 7.88. The lowest BCUT2D eigenvalue weighted by atomic mass is 9.94. The number of nitrogens with one attached hydrogen (secondary N) is 1. The third-order valence-electron chi connectivity index (χ3n) is 3.04.